The minimum absolute atomic E-state index is 0.277. The maximum absolute atomic E-state index is 11.9. The molecule has 0 unspecified atom stereocenters. The van der Waals surface area contributed by atoms with Gasteiger partial charge in [-0.15, -0.1) is 11.8 Å². The van der Waals surface area contributed by atoms with Gasteiger partial charge in [0.15, 0.2) is 6.61 Å². The van der Waals surface area contributed by atoms with Gasteiger partial charge < -0.3 is 10.1 Å². The SMILES string of the molecule is Cc1nn(C)c(C)c1NC(=O)COC(=O)CCCSc1ccc(Cl)cc1. The summed E-state index contributed by atoms with van der Waals surface area (Å²) in [5, 5.41) is 7.66. The minimum atomic E-state index is -0.378. The van der Waals surface area contributed by atoms with Crippen molar-refractivity contribution in [1.82, 2.24) is 9.78 Å². The van der Waals surface area contributed by atoms with Crippen LogP contribution < -0.4 is 5.32 Å². The molecule has 0 bridgehead atoms. The highest BCUT2D eigenvalue weighted by molar-refractivity contribution is 7.99. The van der Waals surface area contributed by atoms with E-state index in [1.54, 1.807) is 23.5 Å². The molecule has 26 heavy (non-hydrogen) atoms. The number of halogens is 1. The lowest BCUT2D eigenvalue weighted by Crippen LogP contribution is -2.21. The van der Waals surface area contributed by atoms with Gasteiger partial charge in [-0.25, -0.2) is 0 Å². The predicted molar refractivity (Wildman–Crippen MR) is 104 cm³/mol. The molecule has 0 atom stereocenters. The zero-order valence-electron chi connectivity index (χ0n) is 15.0. The van der Waals surface area contributed by atoms with Crippen LogP contribution in [0.5, 0.6) is 0 Å². The molecule has 1 aromatic heterocycles. The number of aromatic nitrogens is 2. The van der Waals surface area contributed by atoms with Crippen molar-refractivity contribution in [3.63, 3.8) is 0 Å². The Morgan fingerprint density at radius 1 is 1.27 bits per heavy atom. The van der Waals surface area contributed by atoms with Crippen LogP contribution in [-0.4, -0.2) is 34.0 Å². The second-order valence-corrected chi connectivity index (χ2v) is 7.39. The third kappa shape index (κ3) is 6.07. The molecule has 0 spiro atoms. The number of ether oxygens (including phenoxy) is 1. The van der Waals surface area contributed by atoms with E-state index in [2.05, 4.69) is 10.4 Å². The summed E-state index contributed by atoms with van der Waals surface area (Å²) in [6, 6.07) is 7.56. The van der Waals surface area contributed by atoms with Crippen molar-refractivity contribution in [2.45, 2.75) is 31.6 Å². The number of rotatable bonds is 8. The average Bonchev–Trinajstić information content (AvgIpc) is 2.84. The number of amides is 1. The molecule has 0 aliphatic carbocycles. The van der Waals surface area contributed by atoms with Crippen molar-refractivity contribution < 1.29 is 14.3 Å². The number of anilines is 1. The largest absolute Gasteiger partial charge is 0.456 e. The van der Waals surface area contributed by atoms with Crippen molar-refractivity contribution in [2.24, 2.45) is 7.05 Å². The van der Waals surface area contributed by atoms with Gasteiger partial charge in [0.2, 0.25) is 0 Å². The highest BCUT2D eigenvalue weighted by Crippen LogP contribution is 2.21. The van der Waals surface area contributed by atoms with E-state index >= 15 is 0 Å². The number of hydrogen-bond donors (Lipinski definition) is 1. The van der Waals surface area contributed by atoms with Gasteiger partial charge in [-0.1, -0.05) is 11.6 Å². The normalized spacial score (nSPS) is 10.6. The van der Waals surface area contributed by atoms with Crippen LogP contribution in [-0.2, 0) is 21.4 Å². The third-order valence-corrected chi connectivity index (χ3v) is 5.10. The van der Waals surface area contributed by atoms with E-state index in [-0.39, 0.29) is 24.9 Å². The van der Waals surface area contributed by atoms with Gasteiger partial charge in [0.05, 0.1) is 17.1 Å². The maximum Gasteiger partial charge on any atom is 0.306 e. The van der Waals surface area contributed by atoms with Gasteiger partial charge in [0.25, 0.3) is 5.91 Å². The highest BCUT2D eigenvalue weighted by Gasteiger charge is 2.14. The molecule has 1 amide bonds. The quantitative estimate of drug-likeness (QED) is 0.418. The Labute approximate surface area is 162 Å². The molecule has 6 nitrogen and oxygen atoms in total. The molecule has 0 fully saturated rings. The van der Waals surface area contributed by atoms with Crippen LogP contribution in [0.1, 0.15) is 24.2 Å². The Kier molecular flexibility index (Phi) is 7.53. The van der Waals surface area contributed by atoms with Gasteiger partial charge in [0.1, 0.15) is 0 Å². The molecule has 8 heteroatoms. The lowest BCUT2D eigenvalue weighted by molar-refractivity contribution is -0.147. The molecule has 2 rings (SSSR count). The van der Waals surface area contributed by atoms with Gasteiger partial charge >= 0.3 is 5.97 Å². The number of carbonyl (C=O) groups excluding carboxylic acids is 2. The van der Waals surface area contributed by atoms with Crippen molar-refractivity contribution in [2.75, 3.05) is 17.7 Å². The first-order chi connectivity index (χ1) is 12.4. The summed E-state index contributed by atoms with van der Waals surface area (Å²) in [6.07, 6.45) is 0.952. The number of carbonyl (C=O) groups is 2. The lowest BCUT2D eigenvalue weighted by Gasteiger charge is -2.07. The number of aryl methyl sites for hydroxylation is 2. The highest BCUT2D eigenvalue weighted by atomic mass is 35.5. The van der Waals surface area contributed by atoms with Crippen LogP contribution >= 0.6 is 23.4 Å². The maximum atomic E-state index is 11.9. The fourth-order valence-corrected chi connectivity index (χ4v) is 3.26. The zero-order valence-corrected chi connectivity index (χ0v) is 16.6. The van der Waals surface area contributed by atoms with Crippen molar-refractivity contribution in [3.8, 4) is 0 Å². The van der Waals surface area contributed by atoms with Crippen LogP contribution in [0.25, 0.3) is 0 Å². The van der Waals surface area contributed by atoms with Crippen molar-refractivity contribution in [1.29, 1.82) is 0 Å². The number of nitrogens with zero attached hydrogens (tertiary/aromatic N) is 2. The van der Waals surface area contributed by atoms with E-state index in [4.69, 9.17) is 16.3 Å². The Morgan fingerprint density at radius 2 is 1.96 bits per heavy atom. The molecule has 0 aliphatic rings. The average molecular weight is 396 g/mol. The molecule has 1 N–H and O–H groups in total. The molecule has 2 aromatic rings. The van der Waals surface area contributed by atoms with Gasteiger partial charge in [-0.3, -0.25) is 14.3 Å². The Morgan fingerprint density at radius 3 is 2.58 bits per heavy atom. The molecule has 0 saturated carbocycles. The smallest absolute Gasteiger partial charge is 0.306 e. The predicted octanol–water partition coefficient (Wildman–Crippen LogP) is 3.74. The Hall–Kier alpha value is -1.99. The van der Waals surface area contributed by atoms with E-state index in [1.807, 2.05) is 38.1 Å². The van der Waals surface area contributed by atoms with Crippen molar-refractivity contribution in [3.05, 3.63) is 40.7 Å². The fraction of sp³-hybridized carbons (Fsp3) is 0.389. The Bertz CT molecular complexity index is 775. The van der Waals surface area contributed by atoms with Crippen molar-refractivity contribution >= 4 is 40.9 Å². The van der Waals surface area contributed by atoms with Crippen LogP contribution in [0.3, 0.4) is 0 Å². The van der Waals surface area contributed by atoms with Crippen LogP contribution in [0, 0.1) is 13.8 Å². The second-order valence-electron chi connectivity index (χ2n) is 5.78. The molecule has 140 valence electrons. The zero-order chi connectivity index (χ0) is 19.1. The summed E-state index contributed by atoms with van der Waals surface area (Å²) in [7, 11) is 1.81. The van der Waals surface area contributed by atoms with Gasteiger partial charge in [-0.2, -0.15) is 5.10 Å². The molecule has 0 radical (unpaired) electrons. The first kappa shape index (κ1) is 20.3. The minimum Gasteiger partial charge on any atom is -0.456 e. The third-order valence-electron chi connectivity index (χ3n) is 3.75. The molecular weight excluding hydrogens is 374 g/mol. The standard InChI is InChI=1S/C18H22ClN3O3S/c1-12-18(13(2)22(3)21-12)20-16(23)11-25-17(24)5-4-10-26-15-8-6-14(19)7-9-15/h6-9H,4-5,10-11H2,1-3H3,(H,20,23). The summed E-state index contributed by atoms with van der Waals surface area (Å²) in [4.78, 5) is 24.8. The van der Waals surface area contributed by atoms with E-state index in [0.717, 1.165) is 22.0 Å². The van der Waals surface area contributed by atoms with Gasteiger partial charge in [0, 0.05) is 23.4 Å². The monoisotopic (exact) mass is 395 g/mol. The first-order valence-electron chi connectivity index (χ1n) is 8.21. The van der Waals surface area contributed by atoms with E-state index in [1.165, 1.54) is 0 Å². The summed E-state index contributed by atoms with van der Waals surface area (Å²) in [5.74, 6) is 0.0429. The number of nitrogens with one attached hydrogen (secondary N) is 1. The van der Waals surface area contributed by atoms with E-state index in [0.29, 0.717) is 17.1 Å². The van der Waals surface area contributed by atoms with Crippen LogP contribution in [0.4, 0.5) is 5.69 Å². The molecule has 0 saturated heterocycles. The van der Waals surface area contributed by atoms with Crippen LogP contribution in [0.15, 0.2) is 29.2 Å². The van der Waals surface area contributed by atoms with Gasteiger partial charge in [-0.05, 0) is 50.3 Å². The number of thioether (sulfide) groups is 1. The Balaban J connectivity index is 1.65. The summed E-state index contributed by atoms with van der Waals surface area (Å²) >= 11 is 7.48. The number of benzene rings is 1. The summed E-state index contributed by atoms with van der Waals surface area (Å²) < 4.78 is 6.72. The topological polar surface area (TPSA) is 73.2 Å². The molecular formula is C18H22ClN3O3S. The second kappa shape index (κ2) is 9.64. The molecule has 0 aliphatic heterocycles. The molecule has 1 heterocycles. The summed E-state index contributed by atoms with van der Waals surface area (Å²) in [6.45, 7) is 3.38. The van der Waals surface area contributed by atoms with E-state index in [9.17, 15) is 9.59 Å². The fourth-order valence-electron chi connectivity index (χ4n) is 2.29. The number of hydrogen-bond acceptors (Lipinski definition) is 5. The molecule has 1 aromatic carbocycles. The first-order valence-corrected chi connectivity index (χ1v) is 9.57. The summed E-state index contributed by atoms with van der Waals surface area (Å²) in [5.41, 5.74) is 2.23. The lowest BCUT2D eigenvalue weighted by atomic mass is 10.3. The van der Waals surface area contributed by atoms with Crippen LogP contribution in [0.2, 0.25) is 5.02 Å². The van der Waals surface area contributed by atoms with E-state index < -0.39 is 0 Å². The number of esters is 1.